The lowest BCUT2D eigenvalue weighted by atomic mass is 10.1. The number of hydrogen-bond acceptors (Lipinski definition) is 4. The Morgan fingerprint density at radius 2 is 2.06 bits per heavy atom. The number of esters is 1. The number of hydrogen-bond donors (Lipinski definition) is 1. The molecule has 0 aromatic heterocycles. The fourth-order valence-corrected chi connectivity index (χ4v) is 1.67. The molecule has 0 heterocycles. The highest BCUT2D eigenvalue weighted by molar-refractivity contribution is 6.01. The van der Waals surface area contributed by atoms with Crippen LogP contribution in [-0.4, -0.2) is 23.0 Å². The molecule has 1 aromatic rings. The summed E-state index contributed by atoms with van der Waals surface area (Å²) < 4.78 is 5.05. The first kappa shape index (κ1) is 11.5. The molecule has 88 valence electrons. The van der Waals surface area contributed by atoms with Gasteiger partial charge in [0.1, 0.15) is 5.75 Å². The van der Waals surface area contributed by atoms with Crippen molar-refractivity contribution in [2.45, 2.75) is 18.9 Å². The van der Waals surface area contributed by atoms with Crippen molar-refractivity contribution in [3.8, 4) is 5.75 Å². The molecule has 1 aromatic carbocycles. The van der Waals surface area contributed by atoms with Crippen molar-refractivity contribution in [2.24, 2.45) is 0 Å². The summed E-state index contributed by atoms with van der Waals surface area (Å²) in [5.74, 6) is -0.239. The Bertz CT molecular complexity index is 462. The third-order valence-corrected chi connectivity index (χ3v) is 2.46. The van der Waals surface area contributed by atoms with Crippen molar-refractivity contribution in [1.82, 2.24) is 0 Å². The fourth-order valence-electron chi connectivity index (χ4n) is 1.67. The SMILES string of the molecule is O=C(CC1=CC(O)CC1=O)Oc1ccccc1. The average molecular weight is 232 g/mol. The molecule has 0 aliphatic heterocycles. The molecule has 1 atom stereocenters. The van der Waals surface area contributed by atoms with Gasteiger partial charge in [0.15, 0.2) is 5.78 Å². The fraction of sp³-hybridized carbons (Fsp3) is 0.231. The van der Waals surface area contributed by atoms with E-state index in [0.29, 0.717) is 11.3 Å². The van der Waals surface area contributed by atoms with Crippen LogP contribution in [0.2, 0.25) is 0 Å². The van der Waals surface area contributed by atoms with Crippen molar-refractivity contribution in [3.05, 3.63) is 42.0 Å². The molecule has 4 nitrogen and oxygen atoms in total. The van der Waals surface area contributed by atoms with Crippen molar-refractivity contribution in [3.63, 3.8) is 0 Å². The molecule has 1 aliphatic carbocycles. The van der Waals surface area contributed by atoms with E-state index in [4.69, 9.17) is 4.74 Å². The molecule has 0 saturated carbocycles. The molecule has 0 radical (unpaired) electrons. The van der Waals surface area contributed by atoms with E-state index in [1.165, 1.54) is 6.08 Å². The van der Waals surface area contributed by atoms with Gasteiger partial charge in [0.25, 0.3) is 0 Å². The largest absolute Gasteiger partial charge is 0.426 e. The van der Waals surface area contributed by atoms with Crippen molar-refractivity contribution < 1.29 is 19.4 Å². The number of carbonyl (C=O) groups excluding carboxylic acids is 2. The molecule has 1 aliphatic rings. The zero-order chi connectivity index (χ0) is 12.3. The van der Waals surface area contributed by atoms with Gasteiger partial charge in [0.2, 0.25) is 0 Å². The van der Waals surface area contributed by atoms with Gasteiger partial charge in [0, 0.05) is 12.0 Å². The zero-order valence-corrected chi connectivity index (χ0v) is 9.13. The summed E-state index contributed by atoms with van der Waals surface area (Å²) in [5, 5.41) is 9.22. The maximum atomic E-state index is 11.5. The number of para-hydroxylation sites is 1. The Morgan fingerprint density at radius 3 is 2.65 bits per heavy atom. The number of aliphatic hydroxyl groups excluding tert-OH is 1. The van der Waals surface area contributed by atoms with Crippen LogP contribution >= 0.6 is 0 Å². The van der Waals surface area contributed by atoms with E-state index in [-0.39, 0.29) is 18.6 Å². The summed E-state index contributed by atoms with van der Waals surface area (Å²) in [5.41, 5.74) is 0.332. The summed E-state index contributed by atoms with van der Waals surface area (Å²) in [7, 11) is 0. The lowest BCUT2D eigenvalue weighted by Crippen LogP contribution is -2.11. The van der Waals surface area contributed by atoms with Crippen LogP contribution in [0.15, 0.2) is 42.0 Å². The summed E-state index contributed by atoms with van der Waals surface area (Å²) in [4.78, 5) is 22.9. The van der Waals surface area contributed by atoms with Crippen LogP contribution in [0.5, 0.6) is 5.75 Å². The van der Waals surface area contributed by atoms with Gasteiger partial charge in [-0.05, 0) is 18.2 Å². The molecule has 1 unspecified atom stereocenters. The summed E-state index contributed by atoms with van der Waals surface area (Å²) >= 11 is 0. The maximum absolute atomic E-state index is 11.5. The minimum Gasteiger partial charge on any atom is -0.426 e. The number of aliphatic hydroxyl groups is 1. The van der Waals surface area contributed by atoms with Gasteiger partial charge in [0.05, 0.1) is 12.5 Å². The first-order valence-corrected chi connectivity index (χ1v) is 5.33. The monoisotopic (exact) mass is 232 g/mol. The molecule has 0 fully saturated rings. The normalized spacial score (nSPS) is 19.0. The first-order valence-electron chi connectivity index (χ1n) is 5.33. The summed E-state index contributed by atoms with van der Waals surface area (Å²) in [6.45, 7) is 0. The van der Waals surface area contributed by atoms with Gasteiger partial charge in [-0.1, -0.05) is 18.2 Å². The van der Waals surface area contributed by atoms with E-state index in [9.17, 15) is 14.7 Å². The lowest BCUT2D eigenvalue weighted by molar-refractivity contribution is -0.134. The van der Waals surface area contributed by atoms with Crippen LogP contribution in [-0.2, 0) is 9.59 Å². The van der Waals surface area contributed by atoms with Crippen LogP contribution < -0.4 is 4.74 Å². The molecule has 0 saturated heterocycles. The topological polar surface area (TPSA) is 63.6 Å². The third-order valence-electron chi connectivity index (χ3n) is 2.46. The van der Waals surface area contributed by atoms with Crippen molar-refractivity contribution >= 4 is 11.8 Å². The Hall–Kier alpha value is -1.94. The minimum atomic E-state index is -0.762. The van der Waals surface area contributed by atoms with Gasteiger partial charge < -0.3 is 9.84 Å². The van der Waals surface area contributed by atoms with Gasteiger partial charge >= 0.3 is 5.97 Å². The molecule has 0 spiro atoms. The Labute approximate surface area is 98.5 Å². The van der Waals surface area contributed by atoms with Crippen molar-refractivity contribution in [1.29, 1.82) is 0 Å². The number of rotatable bonds is 3. The van der Waals surface area contributed by atoms with Crippen molar-refractivity contribution in [2.75, 3.05) is 0 Å². The molecule has 0 amide bonds. The number of ether oxygens (including phenoxy) is 1. The highest BCUT2D eigenvalue weighted by Gasteiger charge is 2.24. The second-order valence-corrected chi connectivity index (χ2v) is 3.85. The zero-order valence-electron chi connectivity index (χ0n) is 9.13. The Morgan fingerprint density at radius 1 is 1.35 bits per heavy atom. The predicted molar refractivity (Wildman–Crippen MR) is 60.4 cm³/mol. The van der Waals surface area contributed by atoms with E-state index in [2.05, 4.69) is 0 Å². The van der Waals surface area contributed by atoms with Crippen LogP contribution in [0.4, 0.5) is 0 Å². The lowest BCUT2D eigenvalue weighted by Gasteiger charge is -2.03. The summed E-state index contributed by atoms with van der Waals surface area (Å²) in [6, 6.07) is 8.66. The second-order valence-electron chi connectivity index (χ2n) is 3.85. The maximum Gasteiger partial charge on any atom is 0.315 e. The Balaban J connectivity index is 1.94. The number of ketones is 1. The molecule has 4 heteroatoms. The second kappa shape index (κ2) is 4.93. The summed E-state index contributed by atoms with van der Waals surface area (Å²) in [6.07, 6.45) is 0.620. The number of carbonyl (C=O) groups is 2. The van der Waals surface area contributed by atoms with Gasteiger partial charge in [-0.15, -0.1) is 0 Å². The molecule has 1 N–H and O–H groups in total. The molecule has 17 heavy (non-hydrogen) atoms. The van der Waals surface area contributed by atoms with Crippen LogP contribution in [0.1, 0.15) is 12.8 Å². The van der Waals surface area contributed by atoms with Crippen LogP contribution in [0.3, 0.4) is 0 Å². The third kappa shape index (κ3) is 3.01. The smallest absolute Gasteiger partial charge is 0.315 e. The molecule has 2 rings (SSSR count). The number of Topliss-reactive ketones (excluding diaryl/α,β-unsaturated/α-hetero) is 1. The van der Waals surface area contributed by atoms with E-state index >= 15 is 0 Å². The number of benzene rings is 1. The highest BCUT2D eigenvalue weighted by Crippen LogP contribution is 2.19. The van der Waals surface area contributed by atoms with E-state index in [1.807, 2.05) is 6.07 Å². The standard InChI is InChI=1S/C13H12O4/c14-10-6-9(12(15)8-10)7-13(16)17-11-4-2-1-3-5-11/h1-6,10,14H,7-8H2. The van der Waals surface area contributed by atoms with Crippen LogP contribution in [0.25, 0.3) is 0 Å². The minimum absolute atomic E-state index is 0.0634. The highest BCUT2D eigenvalue weighted by atomic mass is 16.5. The first-order chi connectivity index (χ1) is 8.15. The predicted octanol–water partition coefficient (Wildman–Crippen LogP) is 1.24. The molecule has 0 bridgehead atoms. The molecular formula is C13H12O4. The van der Waals surface area contributed by atoms with E-state index in [0.717, 1.165) is 0 Å². The average Bonchev–Trinajstić information content (AvgIpc) is 2.58. The van der Waals surface area contributed by atoms with E-state index < -0.39 is 12.1 Å². The Kier molecular flexibility index (Phi) is 3.35. The quantitative estimate of drug-likeness (QED) is 0.629. The van der Waals surface area contributed by atoms with Gasteiger partial charge in [-0.3, -0.25) is 9.59 Å². The van der Waals surface area contributed by atoms with Gasteiger partial charge in [-0.2, -0.15) is 0 Å². The van der Waals surface area contributed by atoms with E-state index in [1.54, 1.807) is 24.3 Å². The van der Waals surface area contributed by atoms with Gasteiger partial charge in [-0.25, -0.2) is 0 Å². The molecular weight excluding hydrogens is 220 g/mol. The van der Waals surface area contributed by atoms with Crippen LogP contribution in [0, 0.1) is 0 Å².